The van der Waals surface area contributed by atoms with Crippen molar-refractivity contribution in [1.82, 2.24) is 4.90 Å². The number of halogens is 1. The third-order valence-electron chi connectivity index (χ3n) is 3.86. The Morgan fingerprint density at radius 2 is 1.91 bits per heavy atom. The first kappa shape index (κ1) is 14.9. The Morgan fingerprint density at radius 1 is 1.14 bits per heavy atom. The number of hydrogen-bond acceptors (Lipinski definition) is 3. The van der Waals surface area contributed by atoms with E-state index in [1.807, 2.05) is 4.90 Å². The molecule has 0 saturated carbocycles. The number of piperidine rings is 1. The Kier molecular flexibility index (Phi) is 4.29. The molecule has 0 unspecified atom stereocenters. The van der Waals surface area contributed by atoms with Gasteiger partial charge >= 0.3 is 0 Å². The van der Waals surface area contributed by atoms with Crippen molar-refractivity contribution in [3.8, 4) is 11.3 Å². The summed E-state index contributed by atoms with van der Waals surface area (Å²) in [7, 11) is 0. The monoisotopic (exact) mass is 317 g/mol. The third-order valence-corrected chi connectivity index (χ3v) is 4.19. The minimum atomic E-state index is 0.0137. The van der Waals surface area contributed by atoms with Crippen molar-refractivity contribution in [1.29, 1.82) is 0 Å². The summed E-state index contributed by atoms with van der Waals surface area (Å²) in [5, 5.41) is 0.488. The molecule has 114 valence electrons. The maximum absolute atomic E-state index is 12.6. The van der Waals surface area contributed by atoms with Crippen LogP contribution in [0.25, 0.3) is 11.3 Å². The first-order valence-electron chi connectivity index (χ1n) is 7.33. The molecular formula is C17H16ClNO3. The number of benzene rings is 1. The largest absolute Gasteiger partial charge is 0.453 e. The molecule has 1 saturated heterocycles. The van der Waals surface area contributed by atoms with Crippen molar-refractivity contribution in [2.45, 2.75) is 19.3 Å². The lowest BCUT2D eigenvalue weighted by molar-refractivity contribution is 0.0724. The van der Waals surface area contributed by atoms with E-state index < -0.39 is 0 Å². The van der Waals surface area contributed by atoms with Crippen molar-refractivity contribution in [2.24, 2.45) is 0 Å². The molecule has 2 aromatic rings. The Labute approximate surface area is 133 Å². The summed E-state index contributed by atoms with van der Waals surface area (Å²) >= 11 is 6.20. The van der Waals surface area contributed by atoms with E-state index >= 15 is 0 Å². The van der Waals surface area contributed by atoms with Crippen molar-refractivity contribution >= 4 is 23.8 Å². The second-order valence-corrected chi connectivity index (χ2v) is 5.77. The smallest absolute Gasteiger partial charge is 0.253 e. The maximum Gasteiger partial charge on any atom is 0.253 e. The van der Waals surface area contributed by atoms with Gasteiger partial charge in [-0.1, -0.05) is 11.6 Å². The van der Waals surface area contributed by atoms with Crippen LogP contribution in [0.1, 0.15) is 40.2 Å². The molecule has 1 aromatic carbocycles. The van der Waals surface area contributed by atoms with Gasteiger partial charge in [-0.15, -0.1) is 0 Å². The summed E-state index contributed by atoms with van der Waals surface area (Å²) in [6, 6.07) is 8.41. The summed E-state index contributed by atoms with van der Waals surface area (Å²) in [6.45, 7) is 1.60. The molecule has 0 spiro atoms. The number of furan rings is 1. The maximum atomic E-state index is 12.6. The number of nitrogens with zero attached hydrogens (tertiary/aromatic N) is 1. The minimum absolute atomic E-state index is 0.0137. The van der Waals surface area contributed by atoms with E-state index in [1.54, 1.807) is 30.3 Å². The summed E-state index contributed by atoms with van der Waals surface area (Å²) < 4.78 is 5.40. The van der Waals surface area contributed by atoms with Crippen LogP contribution in [0.3, 0.4) is 0 Å². The molecule has 0 radical (unpaired) electrons. The van der Waals surface area contributed by atoms with Crippen molar-refractivity contribution in [2.75, 3.05) is 13.1 Å². The summed E-state index contributed by atoms with van der Waals surface area (Å²) in [5.74, 6) is 0.735. The summed E-state index contributed by atoms with van der Waals surface area (Å²) in [4.78, 5) is 25.2. The van der Waals surface area contributed by atoms with Gasteiger partial charge in [-0.05, 0) is 49.6 Å². The molecule has 4 nitrogen and oxygen atoms in total. The van der Waals surface area contributed by atoms with Crippen LogP contribution in [0.15, 0.2) is 34.7 Å². The number of rotatable bonds is 3. The van der Waals surface area contributed by atoms with E-state index in [2.05, 4.69) is 0 Å². The number of carbonyl (C=O) groups is 2. The zero-order valence-corrected chi connectivity index (χ0v) is 12.8. The molecule has 2 heterocycles. The van der Waals surface area contributed by atoms with Crippen LogP contribution in [-0.2, 0) is 0 Å². The lowest BCUT2D eigenvalue weighted by Crippen LogP contribution is -2.35. The fourth-order valence-electron chi connectivity index (χ4n) is 2.69. The molecule has 5 heteroatoms. The predicted molar refractivity (Wildman–Crippen MR) is 84.3 cm³/mol. The van der Waals surface area contributed by atoms with E-state index in [9.17, 15) is 9.59 Å². The highest BCUT2D eigenvalue weighted by Crippen LogP contribution is 2.30. The molecule has 1 fully saturated rings. The zero-order chi connectivity index (χ0) is 15.5. The first-order chi connectivity index (χ1) is 10.7. The Balaban J connectivity index is 1.91. The molecule has 1 aliphatic rings. The number of amides is 1. The van der Waals surface area contributed by atoms with E-state index in [1.165, 1.54) is 6.42 Å². The van der Waals surface area contributed by atoms with Gasteiger partial charge in [0.15, 0.2) is 12.0 Å². The molecule has 1 amide bonds. The fourth-order valence-corrected chi connectivity index (χ4v) is 2.90. The third kappa shape index (κ3) is 2.92. The quantitative estimate of drug-likeness (QED) is 0.803. The molecule has 1 aromatic heterocycles. The average molecular weight is 318 g/mol. The molecule has 1 aliphatic heterocycles. The Hall–Kier alpha value is -2.07. The zero-order valence-electron chi connectivity index (χ0n) is 12.0. The average Bonchev–Trinajstić information content (AvgIpc) is 3.04. The van der Waals surface area contributed by atoms with Gasteiger partial charge in [-0.2, -0.15) is 0 Å². The molecule has 3 rings (SSSR count). The molecular weight excluding hydrogens is 302 g/mol. The van der Waals surface area contributed by atoms with Crippen LogP contribution in [-0.4, -0.2) is 30.2 Å². The second kappa shape index (κ2) is 6.36. The van der Waals surface area contributed by atoms with Gasteiger partial charge in [0, 0.05) is 24.2 Å². The molecule has 0 bridgehead atoms. The van der Waals surface area contributed by atoms with Gasteiger partial charge in [0.2, 0.25) is 0 Å². The van der Waals surface area contributed by atoms with Gasteiger partial charge in [0.25, 0.3) is 5.91 Å². The van der Waals surface area contributed by atoms with E-state index in [4.69, 9.17) is 16.0 Å². The van der Waals surface area contributed by atoms with Crippen LogP contribution in [0.5, 0.6) is 0 Å². The highest BCUT2D eigenvalue weighted by Gasteiger charge is 2.20. The first-order valence-corrected chi connectivity index (χ1v) is 7.71. The van der Waals surface area contributed by atoms with Crippen LogP contribution in [0, 0.1) is 0 Å². The molecule has 0 aliphatic carbocycles. The lowest BCUT2D eigenvalue weighted by atomic mass is 10.1. The van der Waals surface area contributed by atoms with Gasteiger partial charge in [0.1, 0.15) is 5.76 Å². The summed E-state index contributed by atoms with van der Waals surface area (Å²) in [5.41, 5.74) is 1.21. The number of aldehydes is 1. The topological polar surface area (TPSA) is 50.5 Å². The molecule has 22 heavy (non-hydrogen) atoms. The van der Waals surface area contributed by atoms with Crippen molar-refractivity contribution in [3.63, 3.8) is 0 Å². The van der Waals surface area contributed by atoms with Gasteiger partial charge in [-0.3, -0.25) is 9.59 Å². The minimum Gasteiger partial charge on any atom is -0.453 e. The van der Waals surface area contributed by atoms with E-state index in [0.717, 1.165) is 25.9 Å². The van der Waals surface area contributed by atoms with Crippen LogP contribution >= 0.6 is 11.6 Å². The Morgan fingerprint density at radius 3 is 2.59 bits per heavy atom. The van der Waals surface area contributed by atoms with Gasteiger partial charge in [-0.25, -0.2) is 0 Å². The fraction of sp³-hybridized carbons (Fsp3) is 0.294. The Bertz CT molecular complexity index is 702. The highest BCUT2D eigenvalue weighted by atomic mass is 35.5. The normalized spacial score (nSPS) is 14.9. The van der Waals surface area contributed by atoms with Crippen molar-refractivity contribution in [3.05, 3.63) is 46.7 Å². The van der Waals surface area contributed by atoms with Gasteiger partial charge < -0.3 is 9.32 Å². The number of carbonyl (C=O) groups excluding carboxylic acids is 2. The van der Waals surface area contributed by atoms with Crippen LogP contribution < -0.4 is 0 Å². The molecule has 0 N–H and O–H groups in total. The summed E-state index contributed by atoms with van der Waals surface area (Å²) in [6.07, 6.45) is 3.91. The molecule has 0 atom stereocenters. The van der Waals surface area contributed by atoms with Gasteiger partial charge in [0.05, 0.1) is 5.02 Å². The predicted octanol–water partition coefficient (Wildman–Crippen LogP) is 4.04. The standard InChI is InChI=1S/C17H16ClNO3/c18-15-6-4-12(17(21)19-8-2-1-3-9-19)10-14(15)16-7-5-13(11-20)22-16/h4-7,10-11H,1-3,8-9H2. The second-order valence-electron chi connectivity index (χ2n) is 5.37. The van der Waals surface area contributed by atoms with E-state index in [-0.39, 0.29) is 11.7 Å². The van der Waals surface area contributed by atoms with E-state index in [0.29, 0.717) is 28.2 Å². The highest BCUT2D eigenvalue weighted by molar-refractivity contribution is 6.33. The number of likely N-dealkylation sites (tertiary alicyclic amines) is 1. The van der Waals surface area contributed by atoms with Crippen LogP contribution in [0.4, 0.5) is 0 Å². The van der Waals surface area contributed by atoms with Crippen molar-refractivity contribution < 1.29 is 14.0 Å². The SMILES string of the molecule is O=Cc1ccc(-c2cc(C(=O)N3CCCCC3)ccc2Cl)o1. The number of hydrogen-bond donors (Lipinski definition) is 0. The van der Waals surface area contributed by atoms with Crippen LogP contribution in [0.2, 0.25) is 5.02 Å². The lowest BCUT2D eigenvalue weighted by Gasteiger charge is -2.26.